The van der Waals surface area contributed by atoms with E-state index in [2.05, 4.69) is 0 Å². The molecule has 0 spiro atoms. The topological polar surface area (TPSA) is 107 Å². The Balaban J connectivity index is 2.46. The average molecular weight is 235 g/mol. The van der Waals surface area contributed by atoms with Crippen LogP contribution in [-0.2, 0) is 9.59 Å². The molecule has 1 heterocycles. The lowest BCUT2D eigenvalue weighted by Crippen LogP contribution is -2.25. The van der Waals surface area contributed by atoms with E-state index in [1.165, 1.54) is 23.1 Å². The number of nitrogens with zero attached hydrogens (tertiary/aromatic N) is 2. The van der Waals surface area contributed by atoms with Crippen molar-refractivity contribution in [3.05, 3.63) is 28.3 Å². The minimum absolute atomic E-state index is 0.0792. The lowest BCUT2D eigenvalue weighted by molar-refractivity contribution is -0.383. The maximum absolute atomic E-state index is 11.5. The molecule has 7 nitrogen and oxygen atoms in total. The molecule has 1 aromatic carbocycles. The lowest BCUT2D eigenvalue weighted by Gasteiger charge is -2.16. The largest absolute Gasteiger partial charge is 0.391 e. The van der Waals surface area contributed by atoms with Gasteiger partial charge in [0.1, 0.15) is 5.69 Å². The van der Waals surface area contributed by atoms with E-state index in [9.17, 15) is 19.7 Å². The molecule has 0 atom stereocenters. The van der Waals surface area contributed by atoms with Crippen molar-refractivity contribution < 1.29 is 14.5 Å². The number of rotatable bonds is 2. The summed E-state index contributed by atoms with van der Waals surface area (Å²) < 4.78 is 0. The molecule has 2 N–H and O–H groups in total. The number of benzene rings is 1. The molecular weight excluding hydrogens is 226 g/mol. The second-order valence-corrected chi connectivity index (χ2v) is 3.66. The van der Waals surface area contributed by atoms with Crippen LogP contribution in [0.25, 0.3) is 0 Å². The Bertz CT molecular complexity index is 526. The summed E-state index contributed by atoms with van der Waals surface area (Å²) in [4.78, 5) is 33.9. The Hall–Kier alpha value is -2.44. The zero-order valence-corrected chi connectivity index (χ0v) is 8.75. The fourth-order valence-corrected chi connectivity index (χ4v) is 1.74. The van der Waals surface area contributed by atoms with E-state index in [4.69, 9.17) is 5.73 Å². The van der Waals surface area contributed by atoms with Gasteiger partial charge in [-0.1, -0.05) is 6.07 Å². The molecule has 7 heteroatoms. The third kappa shape index (κ3) is 1.82. The Morgan fingerprint density at radius 2 is 2.06 bits per heavy atom. The van der Waals surface area contributed by atoms with Gasteiger partial charge in [-0.25, -0.2) is 0 Å². The summed E-state index contributed by atoms with van der Waals surface area (Å²) in [5, 5.41) is 10.7. The minimum atomic E-state index is -0.624. The highest BCUT2D eigenvalue weighted by Crippen LogP contribution is 2.33. The first-order valence-corrected chi connectivity index (χ1v) is 4.85. The zero-order valence-electron chi connectivity index (χ0n) is 8.75. The summed E-state index contributed by atoms with van der Waals surface area (Å²) >= 11 is 0. The van der Waals surface area contributed by atoms with Gasteiger partial charge in [0, 0.05) is 6.07 Å². The highest BCUT2D eigenvalue weighted by molar-refractivity contribution is 6.16. The summed E-state index contributed by atoms with van der Waals surface area (Å²) in [6, 6.07) is 4.17. The first-order valence-electron chi connectivity index (χ1n) is 4.85. The number of nitrogens with two attached hydrogens (primary N) is 1. The van der Waals surface area contributed by atoms with Crippen LogP contribution in [0.3, 0.4) is 0 Å². The number of hydrogen-bond donors (Lipinski definition) is 1. The minimum Gasteiger partial charge on any atom is -0.391 e. The predicted octanol–water partition coefficient (Wildman–Crippen LogP) is 0.483. The summed E-state index contributed by atoms with van der Waals surface area (Å²) in [5.74, 6) is -0.608. The van der Waals surface area contributed by atoms with E-state index in [1.807, 2.05) is 0 Å². The highest BCUT2D eigenvalue weighted by atomic mass is 16.6. The fraction of sp³-hybridized carbons (Fsp3) is 0.200. The summed E-state index contributed by atoms with van der Waals surface area (Å²) in [6.45, 7) is -0.0792. The molecule has 0 unspecified atom stereocenters. The van der Waals surface area contributed by atoms with Gasteiger partial charge in [0.2, 0.25) is 5.91 Å². The van der Waals surface area contributed by atoms with Gasteiger partial charge in [0.25, 0.3) is 5.69 Å². The molecule has 1 aliphatic rings. The second kappa shape index (κ2) is 3.85. The third-order valence-electron chi connectivity index (χ3n) is 2.53. The highest BCUT2D eigenvalue weighted by Gasteiger charge is 2.31. The third-order valence-corrected chi connectivity index (χ3v) is 2.53. The number of nitro groups is 1. The number of para-hydroxylation sites is 1. The quantitative estimate of drug-likeness (QED) is 0.347. The zero-order chi connectivity index (χ0) is 12.6. The smallest absolute Gasteiger partial charge is 0.294 e. The summed E-state index contributed by atoms with van der Waals surface area (Å²) in [6.07, 6.45) is -0.178. The molecule has 1 aliphatic heterocycles. The molecule has 1 amide bonds. The Morgan fingerprint density at radius 3 is 2.59 bits per heavy atom. The van der Waals surface area contributed by atoms with E-state index in [-0.39, 0.29) is 41.7 Å². The standard InChI is InChI=1S/C10H9N3O4/c11-10-7(2-1-3-8(10)13(16)17)12-5-6(14)4-9(12)15/h1-3H,4-5,11H2. The normalized spacial score (nSPS) is 15.4. The number of amides is 1. The van der Waals surface area contributed by atoms with Crippen LogP contribution in [0.2, 0.25) is 0 Å². The number of nitrogen functional groups attached to an aromatic ring is 1. The molecule has 0 aromatic heterocycles. The van der Waals surface area contributed by atoms with Crippen molar-refractivity contribution >= 4 is 28.8 Å². The van der Waals surface area contributed by atoms with Crippen LogP contribution < -0.4 is 10.6 Å². The molecule has 0 aliphatic carbocycles. The number of hydrogen-bond acceptors (Lipinski definition) is 5. The van der Waals surface area contributed by atoms with E-state index in [0.29, 0.717) is 0 Å². The molecule has 17 heavy (non-hydrogen) atoms. The maximum Gasteiger partial charge on any atom is 0.294 e. The van der Waals surface area contributed by atoms with Crippen molar-refractivity contribution in [1.82, 2.24) is 0 Å². The number of Topliss-reactive ketones (excluding diaryl/α,β-unsaturated/α-hetero) is 1. The number of anilines is 2. The molecule has 1 aromatic rings. The van der Waals surface area contributed by atoms with Crippen LogP contribution in [0.4, 0.5) is 17.1 Å². The van der Waals surface area contributed by atoms with E-state index >= 15 is 0 Å². The molecule has 1 saturated heterocycles. The monoisotopic (exact) mass is 235 g/mol. The van der Waals surface area contributed by atoms with Crippen LogP contribution in [-0.4, -0.2) is 23.2 Å². The summed E-state index contributed by atoms with van der Waals surface area (Å²) in [5.41, 5.74) is 5.48. The second-order valence-electron chi connectivity index (χ2n) is 3.66. The summed E-state index contributed by atoms with van der Waals surface area (Å²) in [7, 11) is 0. The van der Waals surface area contributed by atoms with Crippen molar-refractivity contribution in [2.45, 2.75) is 6.42 Å². The van der Waals surface area contributed by atoms with Crippen molar-refractivity contribution in [1.29, 1.82) is 0 Å². The predicted molar refractivity (Wildman–Crippen MR) is 59.5 cm³/mol. The van der Waals surface area contributed by atoms with Crippen molar-refractivity contribution in [3.8, 4) is 0 Å². The van der Waals surface area contributed by atoms with Crippen molar-refractivity contribution in [3.63, 3.8) is 0 Å². The van der Waals surface area contributed by atoms with Gasteiger partial charge >= 0.3 is 0 Å². The molecule has 2 rings (SSSR count). The average Bonchev–Trinajstić information content (AvgIpc) is 2.57. The molecular formula is C10H9N3O4. The molecule has 0 bridgehead atoms. The number of nitro benzene ring substituents is 1. The van der Waals surface area contributed by atoms with Crippen LogP contribution >= 0.6 is 0 Å². The van der Waals surface area contributed by atoms with Crippen LogP contribution in [0.15, 0.2) is 18.2 Å². The van der Waals surface area contributed by atoms with Gasteiger partial charge < -0.3 is 10.6 Å². The van der Waals surface area contributed by atoms with Crippen molar-refractivity contribution in [2.24, 2.45) is 0 Å². The molecule has 88 valence electrons. The maximum atomic E-state index is 11.5. The van der Waals surface area contributed by atoms with Gasteiger partial charge in [-0.15, -0.1) is 0 Å². The van der Waals surface area contributed by atoms with E-state index in [1.54, 1.807) is 0 Å². The SMILES string of the molecule is Nc1c(N2CC(=O)CC2=O)cccc1[N+](=O)[O-]. The number of carbonyl (C=O) groups is 2. The van der Waals surface area contributed by atoms with Crippen LogP contribution in [0, 0.1) is 10.1 Å². The van der Waals surface area contributed by atoms with Gasteiger partial charge in [0.15, 0.2) is 5.78 Å². The molecule has 0 radical (unpaired) electrons. The van der Waals surface area contributed by atoms with Gasteiger partial charge in [0.05, 0.1) is 23.6 Å². The van der Waals surface area contributed by atoms with Crippen LogP contribution in [0.5, 0.6) is 0 Å². The van der Waals surface area contributed by atoms with E-state index in [0.717, 1.165) is 0 Å². The molecule has 1 fully saturated rings. The van der Waals surface area contributed by atoms with Crippen molar-refractivity contribution in [2.75, 3.05) is 17.2 Å². The van der Waals surface area contributed by atoms with Gasteiger partial charge in [-0.05, 0) is 6.07 Å². The number of carbonyl (C=O) groups excluding carboxylic acids is 2. The van der Waals surface area contributed by atoms with E-state index < -0.39 is 4.92 Å². The Morgan fingerprint density at radius 1 is 1.35 bits per heavy atom. The van der Waals surface area contributed by atoms with Gasteiger partial charge in [-0.3, -0.25) is 19.7 Å². The Labute approximate surface area is 96.0 Å². The molecule has 0 saturated carbocycles. The lowest BCUT2D eigenvalue weighted by atomic mass is 10.2. The van der Waals surface area contributed by atoms with Crippen LogP contribution in [0.1, 0.15) is 6.42 Å². The first-order chi connectivity index (χ1) is 8.00. The number of ketones is 1. The Kier molecular flexibility index (Phi) is 2.51. The first kappa shape index (κ1) is 11.1. The van der Waals surface area contributed by atoms with Gasteiger partial charge in [-0.2, -0.15) is 0 Å². The fourth-order valence-electron chi connectivity index (χ4n) is 1.74.